The molecule has 0 N–H and O–H groups in total. The molecule has 0 saturated heterocycles. The number of carbonyl (C=O) groups excluding carboxylic acids is 1. The summed E-state index contributed by atoms with van der Waals surface area (Å²) >= 11 is 0. The number of ketones is 1. The summed E-state index contributed by atoms with van der Waals surface area (Å²) in [7, 11) is 0. The summed E-state index contributed by atoms with van der Waals surface area (Å²) in [6, 6.07) is 12.3. The summed E-state index contributed by atoms with van der Waals surface area (Å²) in [5, 5.41) is 2.23. The lowest BCUT2D eigenvalue weighted by atomic mass is 9.77. The maximum atomic E-state index is 12.7. The fourth-order valence-electron chi connectivity index (χ4n) is 3.33. The van der Waals surface area contributed by atoms with Crippen molar-refractivity contribution in [2.75, 3.05) is 6.61 Å². The second kappa shape index (κ2) is 5.98. The van der Waals surface area contributed by atoms with Crippen molar-refractivity contribution in [1.82, 2.24) is 0 Å². The Hall–Kier alpha value is -1.67. The third-order valence-corrected chi connectivity index (χ3v) is 4.49. The van der Waals surface area contributed by atoms with Gasteiger partial charge in [-0.25, -0.2) is 0 Å². The summed E-state index contributed by atoms with van der Waals surface area (Å²) < 4.78 is 5.58. The van der Waals surface area contributed by atoms with E-state index in [0.29, 0.717) is 18.4 Å². The molecule has 1 aliphatic rings. The van der Waals surface area contributed by atoms with Gasteiger partial charge in [0.1, 0.15) is 0 Å². The van der Waals surface area contributed by atoms with Crippen LogP contribution < -0.4 is 0 Å². The number of hydrogen-bond acceptors (Lipinski definition) is 2. The topological polar surface area (TPSA) is 26.3 Å². The largest absolute Gasteiger partial charge is 0.378 e. The van der Waals surface area contributed by atoms with Crippen molar-refractivity contribution in [2.45, 2.75) is 39.2 Å². The minimum Gasteiger partial charge on any atom is -0.378 e. The van der Waals surface area contributed by atoms with E-state index in [-0.39, 0.29) is 5.78 Å². The normalized spacial score (nSPS) is 21.2. The van der Waals surface area contributed by atoms with Crippen LogP contribution in [-0.2, 0) is 4.74 Å². The van der Waals surface area contributed by atoms with Crippen molar-refractivity contribution in [3.8, 4) is 0 Å². The minimum atomic E-state index is 0.282. The van der Waals surface area contributed by atoms with Crippen LogP contribution in [0.15, 0.2) is 36.4 Å². The van der Waals surface area contributed by atoms with Gasteiger partial charge >= 0.3 is 0 Å². The molecule has 1 fully saturated rings. The van der Waals surface area contributed by atoms with Crippen LogP contribution >= 0.6 is 0 Å². The number of carbonyl (C=O) groups is 1. The maximum absolute atomic E-state index is 12.7. The SMILES string of the molecule is CCOC1CC(CC(=O)c2c(C)ccc3ccccc23)C1. The minimum absolute atomic E-state index is 0.282. The standard InChI is InChI=1S/C19H22O2/c1-3-21-16-10-14(11-16)12-18(20)19-13(2)8-9-15-6-4-5-7-17(15)19/h4-9,14,16H,3,10-12H2,1-2H3. The molecule has 0 aliphatic heterocycles. The van der Waals surface area contributed by atoms with Gasteiger partial charge in [0.05, 0.1) is 6.10 Å². The van der Waals surface area contributed by atoms with Crippen LogP contribution in [-0.4, -0.2) is 18.5 Å². The van der Waals surface area contributed by atoms with E-state index in [9.17, 15) is 4.79 Å². The van der Waals surface area contributed by atoms with Gasteiger partial charge in [0.2, 0.25) is 0 Å². The Kier molecular flexibility index (Phi) is 4.07. The van der Waals surface area contributed by atoms with Crippen LogP contribution in [0.25, 0.3) is 10.8 Å². The van der Waals surface area contributed by atoms with Gasteiger partial charge in [-0.1, -0.05) is 36.4 Å². The Morgan fingerprint density at radius 1 is 1.19 bits per heavy atom. The predicted octanol–water partition coefficient (Wildman–Crippen LogP) is 4.54. The molecule has 110 valence electrons. The van der Waals surface area contributed by atoms with Crippen molar-refractivity contribution < 1.29 is 9.53 Å². The molecule has 0 radical (unpaired) electrons. The summed E-state index contributed by atoms with van der Waals surface area (Å²) in [6.07, 6.45) is 3.09. The van der Waals surface area contributed by atoms with Crippen LogP contribution in [0, 0.1) is 12.8 Å². The monoisotopic (exact) mass is 282 g/mol. The molecular weight excluding hydrogens is 260 g/mol. The molecule has 3 rings (SSSR count). The molecule has 2 heteroatoms. The van der Waals surface area contributed by atoms with Crippen molar-refractivity contribution in [3.63, 3.8) is 0 Å². The molecule has 0 heterocycles. The molecule has 1 aliphatic carbocycles. The predicted molar refractivity (Wildman–Crippen MR) is 85.8 cm³/mol. The van der Waals surface area contributed by atoms with E-state index in [1.807, 2.05) is 26.0 Å². The zero-order valence-corrected chi connectivity index (χ0v) is 12.8. The van der Waals surface area contributed by atoms with Crippen LogP contribution in [0.1, 0.15) is 42.1 Å². The highest BCUT2D eigenvalue weighted by Gasteiger charge is 2.31. The molecular formula is C19H22O2. The van der Waals surface area contributed by atoms with E-state index in [2.05, 4.69) is 24.3 Å². The van der Waals surface area contributed by atoms with E-state index >= 15 is 0 Å². The lowest BCUT2D eigenvalue weighted by Gasteiger charge is -2.34. The first kappa shape index (κ1) is 14.3. The van der Waals surface area contributed by atoms with Crippen molar-refractivity contribution in [3.05, 3.63) is 47.5 Å². The van der Waals surface area contributed by atoms with Gasteiger partial charge in [0.15, 0.2) is 5.78 Å². The third kappa shape index (κ3) is 2.86. The van der Waals surface area contributed by atoms with E-state index in [0.717, 1.165) is 41.3 Å². The Labute approximate surface area is 126 Å². The number of Topliss-reactive ketones (excluding diaryl/α,β-unsaturated/α-hetero) is 1. The molecule has 2 aromatic rings. The Morgan fingerprint density at radius 3 is 2.71 bits per heavy atom. The highest BCUT2D eigenvalue weighted by Crippen LogP contribution is 2.35. The van der Waals surface area contributed by atoms with Gasteiger partial charge in [-0.15, -0.1) is 0 Å². The third-order valence-electron chi connectivity index (χ3n) is 4.49. The fourth-order valence-corrected chi connectivity index (χ4v) is 3.33. The van der Waals surface area contributed by atoms with Crippen LogP contribution in [0.4, 0.5) is 0 Å². The first-order chi connectivity index (χ1) is 10.2. The van der Waals surface area contributed by atoms with Crippen molar-refractivity contribution in [2.24, 2.45) is 5.92 Å². The summed E-state index contributed by atoms with van der Waals surface area (Å²) in [5.74, 6) is 0.775. The molecule has 21 heavy (non-hydrogen) atoms. The van der Waals surface area contributed by atoms with Gasteiger partial charge < -0.3 is 4.74 Å². The number of fused-ring (bicyclic) bond motifs is 1. The molecule has 0 atom stereocenters. The number of aryl methyl sites for hydroxylation is 1. The van der Waals surface area contributed by atoms with Gasteiger partial charge in [0, 0.05) is 18.6 Å². The highest BCUT2D eigenvalue weighted by molar-refractivity contribution is 6.09. The number of ether oxygens (including phenoxy) is 1. The van der Waals surface area contributed by atoms with E-state index in [1.165, 1.54) is 0 Å². The second-order valence-electron chi connectivity index (χ2n) is 6.02. The quantitative estimate of drug-likeness (QED) is 0.753. The Morgan fingerprint density at radius 2 is 1.95 bits per heavy atom. The molecule has 0 unspecified atom stereocenters. The van der Waals surface area contributed by atoms with Crippen molar-refractivity contribution in [1.29, 1.82) is 0 Å². The Bertz CT molecular complexity index is 654. The average molecular weight is 282 g/mol. The molecule has 0 bridgehead atoms. The summed E-state index contributed by atoms with van der Waals surface area (Å²) in [5.41, 5.74) is 1.99. The van der Waals surface area contributed by atoms with E-state index in [1.54, 1.807) is 0 Å². The van der Waals surface area contributed by atoms with Gasteiger partial charge in [0.25, 0.3) is 0 Å². The summed E-state index contributed by atoms with van der Waals surface area (Å²) in [4.78, 5) is 12.7. The number of hydrogen-bond donors (Lipinski definition) is 0. The molecule has 1 saturated carbocycles. The van der Waals surface area contributed by atoms with Gasteiger partial charge in [-0.3, -0.25) is 4.79 Å². The van der Waals surface area contributed by atoms with Gasteiger partial charge in [-0.2, -0.15) is 0 Å². The smallest absolute Gasteiger partial charge is 0.164 e. The number of rotatable bonds is 5. The first-order valence-corrected chi connectivity index (χ1v) is 7.82. The fraction of sp³-hybridized carbons (Fsp3) is 0.421. The molecule has 2 nitrogen and oxygen atoms in total. The zero-order valence-electron chi connectivity index (χ0n) is 12.8. The summed E-state index contributed by atoms with van der Waals surface area (Å²) in [6.45, 7) is 4.83. The second-order valence-corrected chi connectivity index (χ2v) is 6.02. The molecule has 2 aromatic carbocycles. The molecule has 0 aromatic heterocycles. The van der Waals surface area contributed by atoms with Crippen LogP contribution in [0.2, 0.25) is 0 Å². The lowest BCUT2D eigenvalue weighted by Crippen LogP contribution is -2.32. The first-order valence-electron chi connectivity index (χ1n) is 7.82. The molecule has 0 spiro atoms. The zero-order chi connectivity index (χ0) is 14.8. The molecule has 0 amide bonds. The van der Waals surface area contributed by atoms with Crippen LogP contribution in [0.5, 0.6) is 0 Å². The lowest BCUT2D eigenvalue weighted by molar-refractivity contribution is -0.0246. The Balaban J connectivity index is 1.78. The van der Waals surface area contributed by atoms with Crippen LogP contribution in [0.3, 0.4) is 0 Å². The van der Waals surface area contributed by atoms with Crippen molar-refractivity contribution >= 4 is 16.6 Å². The van der Waals surface area contributed by atoms with Gasteiger partial charge in [-0.05, 0) is 48.9 Å². The number of benzene rings is 2. The van der Waals surface area contributed by atoms with E-state index < -0.39 is 0 Å². The maximum Gasteiger partial charge on any atom is 0.164 e. The van der Waals surface area contributed by atoms with E-state index in [4.69, 9.17) is 4.74 Å². The highest BCUT2D eigenvalue weighted by atomic mass is 16.5. The average Bonchev–Trinajstić information content (AvgIpc) is 2.44.